The number of esters is 1. The molecule has 0 spiro atoms. The number of hydrogen-bond acceptors (Lipinski definition) is 3. The van der Waals surface area contributed by atoms with Gasteiger partial charge in [-0.2, -0.15) is 0 Å². The molecule has 0 aliphatic carbocycles. The molecule has 28 heavy (non-hydrogen) atoms. The lowest BCUT2D eigenvalue weighted by Gasteiger charge is -2.23. The molecule has 0 aromatic heterocycles. The van der Waals surface area contributed by atoms with E-state index in [9.17, 15) is 9.59 Å². The Morgan fingerprint density at radius 2 is 1.29 bits per heavy atom. The van der Waals surface area contributed by atoms with E-state index in [4.69, 9.17) is 4.74 Å². The van der Waals surface area contributed by atoms with Crippen LogP contribution in [0.5, 0.6) is 0 Å². The lowest BCUT2D eigenvalue weighted by atomic mass is 9.98. The van der Waals surface area contributed by atoms with Gasteiger partial charge in [0.15, 0.2) is 0 Å². The second-order valence-corrected chi connectivity index (χ2v) is 6.56. The summed E-state index contributed by atoms with van der Waals surface area (Å²) in [6.07, 6.45) is -0.348. The first kappa shape index (κ1) is 19.4. The van der Waals surface area contributed by atoms with Crippen molar-refractivity contribution in [1.29, 1.82) is 0 Å². The van der Waals surface area contributed by atoms with E-state index in [1.165, 1.54) is 6.92 Å². The third-order valence-corrected chi connectivity index (χ3v) is 4.43. The number of carbonyl (C=O) groups is 2. The first-order valence-corrected chi connectivity index (χ1v) is 9.25. The third kappa shape index (κ3) is 5.30. The normalized spacial score (nSPS) is 12.6. The molecule has 142 valence electrons. The van der Waals surface area contributed by atoms with Crippen LogP contribution in [0.1, 0.15) is 35.8 Å². The molecule has 0 heterocycles. The van der Waals surface area contributed by atoms with Crippen molar-refractivity contribution in [2.24, 2.45) is 0 Å². The monoisotopic (exact) mass is 373 g/mol. The van der Waals surface area contributed by atoms with Crippen molar-refractivity contribution in [3.05, 3.63) is 108 Å². The lowest BCUT2D eigenvalue weighted by molar-refractivity contribution is -0.154. The molecule has 1 amide bonds. The lowest BCUT2D eigenvalue weighted by Crippen LogP contribution is -2.35. The molecule has 0 unspecified atom stereocenters. The third-order valence-electron chi connectivity index (χ3n) is 4.43. The van der Waals surface area contributed by atoms with Crippen LogP contribution in [0.2, 0.25) is 0 Å². The topological polar surface area (TPSA) is 55.4 Å². The van der Waals surface area contributed by atoms with Crippen molar-refractivity contribution in [2.75, 3.05) is 0 Å². The van der Waals surface area contributed by atoms with Crippen molar-refractivity contribution >= 4 is 11.9 Å². The molecule has 4 nitrogen and oxygen atoms in total. The van der Waals surface area contributed by atoms with Crippen molar-refractivity contribution < 1.29 is 14.3 Å². The van der Waals surface area contributed by atoms with Gasteiger partial charge in [0.05, 0.1) is 6.04 Å². The Kier molecular flexibility index (Phi) is 6.58. The largest absolute Gasteiger partial charge is 0.447 e. The molecule has 3 aromatic rings. The van der Waals surface area contributed by atoms with E-state index >= 15 is 0 Å². The summed E-state index contributed by atoms with van der Waals surface area (Å²) in [5, 5.41) is 3.07. The maximum absolute atomic E-state index is 13.1. The van der Waals surface area contributed by atoms with Crippen LogP contribution in [0.3, 0.4) is 0 Å². The summed E-state index contributed by atoms with van der Waals surface area (Å²) in [5.41, 5.74) is 2.75. The first-order chi connectivity index (χ1) is 13.6. The zero-order valence-corrected chi connectivity index (χ0v) is 15.7. The maximum Gasteiger partial charge on any atom is 0.303 e. The number of nitrogens with one attached hydrogen (secondary N) is 1. The minimum Gasteiger partial charge on any atom is -0.447 e. The smallest absolute Gasteiger partial charge is 0.303 e. The molecular formula is C24H23NO3. The van der Waals surface area contributed by atoms with Gasteiger partial charge in [-0.1, -0.05) is 91.0 Å². The highest BCUT2D eigenvalue weighted by molar-refractivity contribution is 5.85. The van der Waals surface area contributed by atoms with E-state index < -0.39 is 12.1 Å². The fourth-order valence-electron chi connectivity index (χ4n) is 3.10. The highest BCUT2D eigenvalue weighted by Gasteiger charge is 2.26. The fourth-order valence-corrected chi connectivity index (χ4v) is 3.10. The van der Waals surface area contributed by atoms with Crippen LogP contribution in [0, 0.1) is 0 Å². The van der Waals surface area contributed by atoms with Gasteiger partial charge >= 0.3 is 5.97 Å². The van der Waals surface area contributed by atoms with Gasteiger partial charge in [0.25, 0.3) is 5.91 Å². The van der Waals surface area contributed by atoms with E-state index in [0.29, 0.717) is 12.0 Å². The van der Waals surface area contributed by atoms with Gasteiger partial charge in [-0.3, -0.25) is 9.59 Å². The van der Waals surface area contributed by atoms with Crippen LogP contribution in [0.4, 0.5) is 0 Å². The summed E-state index contributed by atoms with van der Waals surface area (Å²) in [6, 6.07) is 28.6. The quantitative estimate of drug-likeness (QED) is 0.625. The number of rotatable bonds is 7. The van der Waals surface area contributed by atoms with Gasteiger partial charge in [-0.15, -0.1) is 0 Å². The molecule has 0 bridgehead atoms. The van der Waals surface area contributed by atoms with Gasteiger partial charge in [0.1, 0.15) is 0 Å². The summed E-state index contributed by atoms with van der Waals surface area (Å²) in [6.45, 7) is 1.31. The van der Waals surface area contributed by atoms with Crippen LogP contribution >= 0.6 is 0 Å². The van der Waals surface area contributed by atoms with E-state index in [0.717, 1.165) is 11.1 Å². The van der Waals surface area contributed by atoms with E-state index in [1.54, 1.807) is 12.1 Å². The van der Waals surface area contributed by atoms with Gasteiger partial charge in [0.2, 0.25) is 6.10 Å². The highest BCUT2D eigenvalue weighted by atomic mass is 16.5. The van der Waals surface area contributed by atoms with Crippen molar-refractivity contribution in [1.82, 2.24) is 5.32 Å². The van der Waals surface area contributed by atoms with Gasteiger partial charge in [0, 0.05) is 12.5 Å². The second-order valence-electron chi connectivity index (χ2n) is 6.56. The Morgan fingerprint density at radius 3 is 1.82 bits per heavy atom. The molecule has 0 aliphatic rings. The number of hydrogen-bond donors (Lipinski definition) is 1. The Balaban J connectivity index is 1.85. The summed E-state index contributed by atoms with van der Waals surface area (Å²) in [4.78, 5) is 24.6. The van der Waals surface area contributed by atoms with Gasteiger partial charge in [-0.25, -0.2) is 0 Å². The Morgan fingerprint density at radius 1 is 0.786 bits per heavy atom. The number of benzene rings is 3. The van der Waals surface area contributed by atoms with Crippen molar-refractivity contribution in [3.63, 3.8) is 0 Å². The van der Waals surface area contributed by atoms with Gasteiger partial charge in [-0.05, 0) is 17.5 Å². The molecule has 4 heteroatoms. The van der Waals surface area contributed by atoms with Gasteiger partial charge < -0.3 is 10.1 Å². The summed E-state index contributed by atoms with van der Waals surface area (Å²) >= 11 is 0. The summed E-state index contributed by atoms with van der Waals surface area (Å²) in [5.74, 6) is -0.838. The predicted molar refractivity (Wildman–Crippen MR) is 108 cm³/mol. The Bertz CT molecular complexity index is 895. The number of amides is 1. The van der Waals surface area contributed by atoms with Crippen molar-refractivity contribution in [3.8, 4) is 0 Å². The van der Waals surface area contributed by atoms with Crippen LogP contribution < -0.4 is 5.32 Å². The van der Waals surface area contributed by atoms with Crippen LogP contribution in [-0.4, -0.2) is 11.9 Å². The molecule has 0 fully saturated rings. The maximum atomic E-state index is 13.1. The van der Waals surface area contributed by atoms with Crippen LogP contribution in [0.15, 0.2) is 91.0 Å². The van der Waals surface area contributed by atoms with Crippen molar-refractivity contribution in [2.45, 2.75) is 25.5 Å². The van der Waals surface area contributed by atoms with E-state index in [2.05, 4.69) is 5.32 Å². The zero-order chi connectivity index (χ0) is 19.8. The SMILES string of the molecule is CC(=O)O[C@@H](C(=O)N[C@@H](Cc1ccccc1)c1ccccc1)c1ccccc1. The first-order valence-electron chi connectivity index (χ1n) is 9.25. The molecule has 3 rings (SSSR count). The fraction of sp³-hybridized carbons (Fsp3) is 0.167. The second kappa shape index (κ2) is 9.51. The molecular weight excluding hydrogens is 350 g/mol. The molecule has 1 N–H and O–H groups in total. The van der Waals surface area contributed by atoms with E-state index in [1.807, 2.05) is 78.9 Å². The van der Waals surface area contributed by atoms with E-state index in [-0.39, 0.29) is 11.9 Å². The predicted octanol–water partition coefficient (Wildman–Crippen LogP) is 4.39. The number of ether oxygens (including phenoxy) is 1. The molecule has 2 atom stereocenters. The molecule has 0 saturated heterocycles. The molecule has 0 aliphatic heterocycles. The minimum atomic E-state index is -0.985. The average Bonchev–Trinajstić information content (AvgIpc) is 2.73. The number of carbonyl (C=O) groups excluding carboxylic acids is 2. The summed E-state index contributed by atoms with van der Waals surface area (Å²) < 4.78 is 5.33. The average molecular weight is 373 g/mol. The molecule has 0 saturated carbocycles. The Hall–Kier alpha value is -3.40. The molecule has 0 radical (unpaired) electrons. The standard InChI is InChI=1S/C24H23NO3/c1-18(26)28-23(21-15-9-4-10-16-21)24(27)25-22(20-13-7-3-8-14-20)17-19-11-5-2-6-12-19/h2-16,22-23H,17H2,1H3,(H,25,27)/t22-,23+/m0/s1. The Labute approximate surface area is 165 Å². The van der Waals surface area contributed by atoms with Crippen LogP contribution in [0.25, 0.3) is 0 Å². The minimum absolute atomic E-state index is 0.238. The van der Waals surface area contributed by atoms with Crippen LogP contribution in [-0.2, 0) is 20.7 Å². The summed E-state index contributed by atoms with van der Waals surface area (Å²) in [7, 11) is 0. The highest BCUT2D eigenvalue weighted by Crippen LogP contribution is 2.23. The molecule has 3 aromatic carbocycles. The zero-order valence-electron chi connectivity index (χ0n) is 15.7.